The molecule has 0 amide bonds. The first-order chi connectivity index (χ1) is 11.8. The highest BCUT2D eigenvalue weighted by atomic mass is 32.2. The summed E-state index contributed by atoms with van der Waals surface area (Å²) in [5.41, 5.74) is -5.85. The van der Waals surface area contributed by atoms with Crippen LogP contribution in [0.2, 0.25) is 0 Å². The van der Waals surface area contributed by atoms with Gasteiger partial charge in [-0.3, -0.25) is 4.18 Å². The van der Waals surface area contributed by atoms with Crippen LogP contribution < -0.4 is 0 Å². The standard InChI is InChI=1S/C16H26F6O4S/c1-6-11(12-10(3)13(4,5)26-27(12,24)25)7-9(2)8-14(23,15(17,18)19)16(20,21)22/h9-12,23H,6-8H2,1-5H3. The predicted molar refractivity (Wildman–Crippen MR) is 86.3 cm³/mol. The van der Waals surface area contributed by atoms with Gasteiger partial charge in [-0.15, -0.1) is 0 Å². The second-order valence-corrected chi connectivity index (χ2v) is 9.70. The molecule has 0 bridgehead atoms. The number of halogens is 6. The minimum absolute atomic E-state index is 0.224. The van der Waals surface area contributed by atoms with Crippen molar-refractivity contribution in [3.63, 3.8) is 0 Å². The molecule has 4 nitrogen and oxygen atoms in total. The molecule has 0 aliphatic carbocycles. The molecule has 0 aromatic rings. The van der Waals surface area contributed by atoms with Crippen LogP contribution >= 0.6 is 0 Å². The molecule has 1 heterocycles. The Labute approximate surface area is 155 Å². The number of hydrogen-bond acceptors (Lipinski definition) is 4. The first kappa shape index (κ1) is 24.5. The molecule has 0 aromatic heterocycles. The molecule has 0 saturated carbocycles. The third kappa shape index (κ3) is 4.72. The summed E-state index contributed by atoms with van der Waals surface area (Å²) in [5.74, 6) is -2.43. The van der Waals surface area contributed by atoms with Crippen LogP contribution in [0.5, 0.6) is 0 Å². The molecule has 1 aliphatic heterocycles. The highest BCUT2D eigenvalue weighted by molar-refractivity contribution is 7.87. The highest BCUT2D eigenvalue weighted by Gasteiger charge is 2.70. The van der Waals surface area contributed by atoms with Gasteiger partial charge in [0.15, 0.2) is 0 Å². The van der Waals surface area contributed by atoms with Crippen LogP contribution in [-0.2, 0) is 14.3 Å². The van der Waals surface area contributed by atoms with Gasteiger partial charge in [0, 0.05) is 5.92 Å². The average Bonchev–Trinajstić information content (AvgIpc) is 2.58. The van der Waals surface area contributed by atoms with E-state index in [1.165, 1.54) is 0 Å². The van der Waals surface area contributed by atoms with E-state index in [2.05, 4.69) is 0 Å². The quantitative estimate of drug-likeness (QED) is 0.502. The summed E-state index contributed by atoms with van der Waals surface area (Å²) in [6, 6.07) is 0. The maximum absolute atomic E-state index is 12.9. The fraction of sp³-hybridized carbons (Fsp3) is 1.00. The van der Waals surface area contributed by atoms with Crippen molar-refractivity contribution in [3.8, 4) is 0 Å². The molecule has 0 spiro atoms. The van der Waals surface area contributed by atoms with Crippen LogP contribution in [0.15, 0.2) is 0 Å². The topological polar surface area (TPSA) is 63.6 Å². The molecule has 0 radical (unpaired) electrons. The van der Waals surface area contributed by atoms with Gasteiger partial charge in [0.1, 0.15) is 0 Å². The van der Waals surface area contributed by atoms with E-state index in [1.54, 1.807) is 27.7 Å². The van der Waals surface area contributed by atoms with Gasteiger partial charge in [0.25, 0.3) is 15.7 Å². The van der Waals surface area contributed by atoms with Gasteiger partial charge < -0.3 is 5.11 Å². The van der Waals surface area contributed by atoms with Crippen molar-refractivity contribution in [2.75, 3.05) is 0 Å². The van der Waals surface area contributed by atoms with Crippen molar-refractivity contribution in [1.29, 1.82) is 0 Å². The van der Waals surface area contributed by atoms with Crippen molar-refractivity contribution >= 4 is 10.1 Å². The Morgan fingerprint density at radius 1 is 1.11 bits per heavy atom. The van der Waals surface area contributed by atoms with E-state index in [1.807, 2.05) is 0 Å². The van der Waals surface area contributed by atoms with E-state index >= 15 is 0 Å². The maximum atomic E-state index is 12.9. The SMILES string of the molecule is CCC(CC(C)CC(O)(C(F)(F)F)C(F)(F)F)C1C(C)C(C)(C)OS1(=O)=O. The van der Waals surface area contributed by atoms with Crippen molar-refractivity contribution in [2.45, 2.75) is 82.7 Å². The van der Waals surface area contributed by atoms with Crippen LogP contribution in [0.4, 0.5) is 26.3 Å². The van der Waals surface area contributed by atoms with Crippen molar-refractivity contribution in [2.24, 2.45) is 17.8 Å². The fourth-order valence-electron chi connectivity index (χ4n) is 3.75. The molecule has 27 heavy (non-hydrogen) atoms. The number of rotatable bonds is 6. The number of alkyl halides is 6. The minimum atomic E-state index is -5.89. The Morgan fingerprint density at radius 2 is 1.56 bits per heavy atom. The zero-order valence-electron chi connectivity index (χ0n) is 15.8. The monoisotopic (exact) mass is 428 g/mol. The molecule has 1 N–H and O–H groups in total. The highest BCUT2D eigenvalue weighted by Crippen LogP contribution is 2.49. The minimum Gasteiger partial charge on any atom is -0.374 e. The molecular weight excluding hydrogens is 402 g/mol. The van der Waals surface area contributed by atoms with Crippen molar-refractivity contribution < 1.29 is 44.0 Å². The van der Waals surface area contributed by atoms with E-state index in [9.17, 15) is 39.9 Å². The van der Waals surface area contributed by atoms with Gasteiger partial charge in [-0.25, -0.2) is 0 Å². The normalized spacial score (nSPS) is 28.1. The summed E-state index contributed by atoms with van der Waals surface area (Å²) in [6.07, 6.45) is -13.4. The first-order valence-corrected chi connectivity index (χ1v) is 10.1. The summed E-state index contributed by atoms with van der Waals surface area (Å²) in [7, 11) is -4.01. The molecule has 1 saturated heterocycles. The summed E-state index contributed by atoms with van der Waals surface area (Å²) >= 11 is 0. The smallest absolute Gasteiger partial charge is 0.374 e. The van der Waals surface area contributed by atoms with E-state index < -0.39 is 63.1 Å². The van der Waals surface area contributed by atoms with Crippen molar-refractivity contribution in [1.82, 2.24) is 0 Å². The molecule has 1 aliphatic rings. The van der Waals surface area contributed by atoms with Gasteiger partial charge >= 0.3 is 12.4 Å². The number of hydrogen-bond donors (Lipinski definition) is 1. The van der Waals surface area contributed by atoms with E-state index in [0.29, 0.717) is 0 Å². The lowest BCUT2D eigenvalue weighted by Crippen LogP contribution is -2.57. The van der Waals surface area contributed by atoms with Crippen LogP contribution in [0.3, 0.4) is 0 Å². The lowest BCUT2D eigenvalue weighted by molar-refractivity contribution is -0.372. The summed E-state index contributed by atoms with van der Waals surface area (Å²) in [6.45, 7) is 7.52. The second kappa shape index (κ2) is 7.37. The predicted octanol–water partition coefficient (Wildman–Crippen LogP) is 4.43. The van der Waals surface area contributed by atoms with Gasteiger partial charge in [0.05, 0.1) is 10.9 Å². The Balaban J connectivity index is 3.08. The second-order valence-electron chi connectivity index (χ2n) is 8.00. The summed E-state index contributed by atoms with van der Waals surface area (Å²) < 4.78 is 107. The van der Waals surface area contributed by atoms with Gasteiger partial charge in [-0.2, -0.15) is 34.8 Å². The molecule has 4 unspecified atom stereocenters. The van der Waals surface area contributed by atoms with E-state index in [4.69, 9.17) is 4.18 Å². The Hall–Kier alpha value is -0.550. The van der Waals surface area contributed by atoms with E-state index in [-0.39, 0.29) is 12.8 Å². The molecular formula is C16H26F6O4S. The third-order valence-corrected chi connectivity index (χ3v) is 7.65. The zero-order chi connectivity index (χ0) is 21.6. The molecule has 1 fully saturated rings. The molecule has 0 aromatic carbocycles. The molecule has 162 valence electrons. The first-order valence-electron chi connectivity index (χ1n) is 8.60. The van der Waals surface area contributed by atoms with E-state index in [0.717, 1.165) is 6.92 Å². The Morgan fingerprint density at radius 3 is 1.85 bits per heavy atom. The average molecular weight is 428 g/mol. The van der Waals surface area contributed by atoms with Crippen LogP contribution in [0.25, 0.3) is 0 Å². The maximum Gasteiger partial charge on any atom is 0.426 e. The third-order valence-electron chi connectivity index (χ3n) is 5.53. The summed E-state index contributed by atoms with van der Waals surface area (Å²) in [5, 5.41) is 8.31. The van der Waals surface area contributed by atoms with Crippen LogP contribution in [0.1, 0.15) is 53.9 Å². The van der Waals surface area contributed by atoms with Crippen LogP contribution in [0, 0.1) is 17.8 Å². The van der Waals surface area contributed by atoms with Crippen LogP contribution in [-0.4, -0.2) is 42.3 Å². The lowest BCUT2D eigenvalue weighted by Gasteiger charge is -2.35. The molecule has 11 heteroatoms. The lowest BCUT2D eigenvalue weighted by atomic mass is 9.77. The Kier molecular flexibility index (Phi) is 6.68. The Bertz CT molecular complexity index is 612. The molecule has 4 atom stereocenters. The van der Waals surface area contributed by atoms with Gasteiger partial charge in [0.2, 0.25) is 0 Å². The fourth-order valence-corrected chi connectivity index (χ4v) is 6.21. The zero-order valence-corrected chi connectivity index (χ0v) is 16.6. The summed E-state index contributed by atoms with van der Waals surface area (Å²) in [4.78, 5) is 0. The molecule has 1 rings (SSSR count). The van der Waals surface area contributed by atoms with Gasteiger partial charge in [-0.1, -0.05) is 27.2 Å². The number of aliphatic hydroxyl groups is 1. The largest absolute Gasteiger partial charge is 0.426 e. The van der Waals surface area contributed by atoms with Crippen molar-refractivity contribution in [3.05, 3.63) is 0 Å². The van der Waals surface area contributed by atoms with Gasteiger partial charge in [-0.05, 0) is 38.5 Å².